The zero-order valence-corrected chi connectivity index (χ0v) is 14.1. The number of rotatable bonds is 6. The van der Waals surface area contributed by atoms with Gasteiger partial charge < -0.3 is 10.4 Å². The van der Waals surface area contributed by atoms with Crippen LogP contribution in [0.1, 0.15) is 19.3 Å². The van der Waals surface area contributed by atoms with Crippen molar-refractivity contribution in [3.8, 4) is 11.3 Å². The molecule has 5 nitrogen and oxygen atoms in total. The molecule has 1 aliphatic rings. The van der Waals surface area contributed by atoms with Gasteiger partial charge >= 0.3 is 0 Å². The van der Waals surface area contributed by atoms with E-state index in [2.05, 4.69) is 15.4 Å². The second kappa shape index (κ2) is 5.78. The van der Waals surface area contributed by atoms with E-state index in [1.54, 1.807) is 11.3 Å². The van der Waals surface area contributed by atoms with Crippen molar-refractivity contribution in [1.82, 2.24) is 14.6 Å². The Kier molecular flexibility index (Phi) is 3.75. The van der Waals surface area contributed by atoms with Crippen molar-refractivity contribution in [3.63, 3.8) is 0 Å². The third kappa shape index (κ3) is 3.06. The van der Waals surface area contributed by atoms with Gasteiger partial charge in [0.1, 0.15) is 0 Å². The van der Waals surface area contributed by atoms with Gasteiger partial charge in [-0.3, -0.25) is 0 Å². The maximum absolute atomic E-state index is 9.11. The summed E-state index contributed by atoms with van der Waals surface area (Å²) in [6.07, 6.45) is 5.16. The second-order valence-corrected chi connectivity index (χ2v) is 7.49. The maximum atomic E-state index is 9.11. The molecular weight excluding hydrogens is 332 g/mol. The van der Waals surface area contributed by atoms with Crippen molar-refractivity contribution in [3.05, 3.63) is 35.5 Å². The first-order chi connectivity index (χ1) is 11.2. The molecule has 0 spiro atoms. The molecule has 4 rings (SSSR count). The molecule has 2 N–H and O–H groups in total. The van der Waals surface area contributed by atoms with Crippen molar-refractivity contribution < 1.29 is 5.11 Å². The number of anilines is 1. The minimum absolute atomic E-state index is 0.257. The highest BCUT2D eigenvalue weighted by atomic mass is 35.5. The summed E-state index contributed by atoms with van der Waals surface area (Å²) in [5.41, 5.74) is 2.20. The number of aromatic nitrogens is 3. The largest absolute Gasteiger partial charge is 0.396 e. The highest BCUT2D eigenvalue weighted by Crippen LogP contribution is 2.48. The third-order valence-corrected chi connectivity index (χ3v) is 5.53. The highest BCUT2D eigenvalue weighted by molar-refractivity contribution is 7.20. The monoisotopic (exact) mass is 348 g/mol. The van der Waals surface area contributed by atoms with Crippen molar-refractivity contribution in [2.24, 2.45) is 5.41 Å². The van der Waals surface area contributed by atoms with Gasteiger partial charge in [0.25, 0.3) is 0 Å². The number of imidazole rings is 1. The van der Waals surface area contributed by atoms with E-state index in [0.717, 1.165) is 39.3 Å². The molecule has 0 aliphatic heterocycles. The summed E-state index contributed by atoms with van der Waals surface area (Å²) in [4.78, 5) is 5.49. The fourth-order valence-electron chi connectivity index (χ4n) is 2.72. The second-order valence-electron chi connectivity index (χ2n) is 6.09. The van der Waals surface area contributed by atoms with Gasteiger partial charge in [0, 0.05) is 23.7 Å². The third-order valence-electron chi connectivity index (χ3n) is 4.40. The van der Waals surface area contributed by atoms with Gasteiger partial charge in [0.15, 0.2) is 0 Å². The molecule has 2 aromatic heterocycles. The molecular formula is C16H17ClN4OS. The van der Waals surface area contributed by atoms with Crippen LogP contribution in [0.4, 0.5) is 5.13 Å². The van der Waals surface area contributed by atoms with Gasteiger partial charge in [-0.15, -0.1) is 5.10 Å². The van der Waals surface area contributed by atoms with Crippen LogP contribution in [0.25, 0.3) is 16.2 Å². The van der Waals surface area contributed by atoms with Crippen LogP contribution in [-0.2, 0) is 0 Å². The molecule has 7 heteroatoms. The van der Waals surface area contributed by atoms with Gasteiger partial charge in [-0.1, -0.05) is 35.1 Å². The summed E-state index contributed by atoms with van der Waals surface area (Å²) in [6, 6.07) is 7.64. The molecule has 0 saturated heterocycles. The van der Waals surface area contributed by atoms with Crippen LogP contribution >= 0.6 is 22.9 Å². The van der Waals surface area contributed by atoms with E-state index in [4.69, 9.17) is 16.7 Å². The molecule has 0 bridgehead atoms. The number of nitrogens with one attached hydrogen (secondary N) is 1. The van der Waals surface area contributed by atoms with E-state index < -0.39 is 0 Å². The van der Waals surface area contributed by atoms with Crippen LogP contribution in [0, 0.1) is 5.41 Å². The number of nitrogens with zero attached hydrogens (tertiary/aromatic N) is 3. The zero-order valence-electron chi connectivity index (χ0n) is 12.5. The topological polar surface area (TPSA) is 62.5 Å². The first kappa shape index (κ1) is 14.9. The maximum Gasteiger partial charge on any atom is 0.214 e. The Hall–Kier alpha value is -1.63. The lowest BCUT2D eigenvalue weighted by Gasteiger charge is -2.13. The molecule has 2 heterocycles. The van der Waals surface area contributed by atoms with Crippen LogP contribution < -0.4 is 5.32 Å². The van der Waals surface area contributed by atoms with E-state index in [1.165, 1.54) is 12.8 Å². The summed E-state index contributed by atoms with van der Waals surface area (Å²) >= 11 is 7.46. The summed E-state index contributed by atoms with van der Waals surface area (Å²) in [5, 5.41) is 18.6. The summed E-state index contributed by atoms with van der Waals surface area (Å²) in [5.74, 6) is 0. The molecule has 1 aliphatic carbocycles. The predicted octanol–water partition coefficient (Wildman–Crippen LogP) is 3.69. The van der Waals surface area contributed by atoms with E-state index in [-0.39, 0.29) is 12.0 Å². The van der Waals surface area contributed by atoms with Crippen molar-refractivity contribution in [2.75, 3.05) is 18.5 Å². The van der Waals surface area contributed by atoms with E-state index in [0.29, 0.717) is 0 Å². The minimum Gasteiger partial charge on any atom is -0.396 e. The Morgan fingerprint density at radius 1 is 1.30 bits per heavy atom. The first-order valence-corrected chi connectivity index (χ1v) is 8.84. The van der Waals surface area contributed by atoms with Crippen LogP contribution in [0.3, 0.4) is 0 Å². The average Bonchev–Trinajstić information content (AvgIpc) is 3.02. The molecule has 0 amide bonds. The Balaban J connectivity index is 1.49. The Bertz CT molecular complexity index is 791. The van der Waals surface area contributed by atoms with E-state index in [1.807, 2.05) is 35.0 Å². The Morgan fingerprint density at radius 2 is 2.09 bits per heavy atom. The molecule has 1 saturated carbocycles. The summed E-state index contributed by atoms with van der Waals surface area (Å²) in [7, 11) is 0. The lowest BCUT2D eigenvalue weighted by molar-refractivity contribution is 0.253. The van der Waals surface area contributed by atoms with Gasteiger partial charge in [-0.05, 0) is 36.8 Å². The number of benzene rings is 1. The lowest BCUT2D eigenvalue weighted by Crippen LogP contribution is -2.16. The minimum atomic E-state index is 0.257. The smallest absolute Gasteiger partial charge is 0.214 e. The number of aliphatic hydroxyl groups excluding tert-OH is 1. The zero-order chi connectivity index (χ0) is 15.9. The summed E-state index contributed by atoms with van der Waals surface area (Å²) in [6.45, 7) is 1.13. The van der Waals surface area contributed by atoms with Crippen molar-refractivity contribution >= 4 is 33.0 Å². The summed E-state index contributed by atoms with van der Waals surface area (Å²) < 4.78 is 1.81. The number of halogens is 1. The quantitative estimate of drug-likeness (QED) is 0.713. The van der Waals surface area contributed by atoms with Gasteiger partial charge in [-0.2, -0.15) is 0 Å². The SMILES string of the molecule is OCCC1(CNc2nn3cc(-c4ccc(Cl)cc4)nc3s2)CC1. The lowest BCUT2D eigenvalue weighted by atomic mass is 10.0. The molecule has 120 valence electrons. The van der Waals surface area contributed by atoms with E-state index in [9.17, 15) is 0 Å². The van der Waals surface area contributed by atoms with Gasteiger partial charge in [0.2, 0.25) is 10.1 Å². The fourth-order valence-corrected chi connectivity index (χ4v) is 3.63. The molecule has 1 aromatic carbocycles. The standard InChI is InChI=1S/C16H17ClN4OS/c17-12-3-1-11(2-4-12)13-9-21-15(19-13)23-14(20-21)18-10-16(5-6-16)7-8-22/h1-4,9,22H,5-8,10H2,(H,18,20). The number of fused-ring (bicyclic) bond motifs is 1. The van der Waals surface area contributed by atoms with E-state index >= 15 is 0 Å². The Labute approximate surface area is 142 Å². The Morgan fingerprint density at radius 3 is 2.74 bits per heavy atom. The van der Waals surface area contributed by atoms with Crippen molar-refractivity contribution in [1.29, 1.82) is 0 Å². The first-order valence-electron chi connectivity index (χ1n) is 7.64. The van der Waals surface area contributed by atoms with Crippen LogP contribution in [0.2, 0.25) is 5.02 Å². The normalized spacial score (nSPS) is 15.9. The van der Waals surface area contributed by atoms with Gasteiger partial charge in [0.05, 0.1) is 11.9 Å². The molecule has 0 radical (unpaired) electrons. The number of hydrogen-bond donors (Lipinski definition) is 2. The van der Waals surface area contributed by atoms with Crippen LogP contribution in [0.5, 0.6) is 0 Å². The molecule has 1 fully saturated rings. The van der Waals surface area contributed by atoms with Gasteiger partial charge in [-0.25, -0.2) is 9.50 Å². The highest BCUT2D eigenvalue weighted by Gasteiger charge is 2.41. The fraction of sp³-hybridized carbons (Fsp3) is 0.375. The molecule has 0 atom stereocenters. The molecule has 23 heavy (non-hydrogen) atoms. The van der Waals surface area contributed by atoms with Crippen LogP contribution in [0.15, 0.2) is 30.5 Å². The van der Waals surface area contributed by atoms with Crippen LogP contribution in [-0.4, -0.2) is 32.9 Å². The number of hydrogen-bond acceptors (Lipinski definition) is 5. The van der Waals surface area contributed by atoms with Crippen molar-refractivity contribution in [2.45, 2.75) is 19.3 Å². The number of aliphatic hydroxyl groups is 1. The average molecular weight is 349 g/mol. The molecule has 3 aromatic rings. The predicted molar refractivity (Wildman–Crippen MR) is 93.2 cm³/mol. The molecule has 0 unspecified atom stereocenters.